The number of nitrogens with one attached hydrogen (secondary N) is 2. The average molecular weight is 413 g/mol. The molecule has 5 heteroatoms. The summed E-state index contributed by atoms with van der Waals surface area (Å²) >= 11 is 4.31. The first-order chi connectivity index (χ1) is 14.2. The normalized spacial score (nSPS) is 10.5. The summed E-state index contributed by atoms with van der Waals surface area (Å²) in [7, 11) is 0. The van der Waals surface area contributed by atoms with E-state index in [2.05, 4.69) is 23.3 Å². The number of hydrogen-bond acceptors (Lipinski definition) is 3. The quantitative estimate of drug-likeness (QED) is 0.285. The van der Waals surface area contributed by atoms with Gasteiger partial charge >= 0.3 is 0 Å². The van der Waals surface area contributed by atoms with E-state index in [0.717, 1.165) is 31.4 Å². The second kappa shape index (κ2) is 13.8. The van der Waals surface area contributed by atoms with Gasteiger partial charge in [0.15, 0.2) is 0 Å². The van der Waals surface area contributed by atoms with Crippen molar-refractivity contribution in [3.63, 3.8) is 0 Å². The van der Waals surface area contributed by atoms with Gasteiger partial charge in [-0.3, -0.25) is 9.59 Å². The maximum absolute atomic E-state index is 12.1. The first-order valence-electron chi connectivity index (χ1n) is 10.6. The Hall–Kier alpha value is -2.27. The summed E-state index contributed by atoms with van der Waals surface area (Å²) in [4.78, 5) is 24.6. The Morgan fingerprint density at radius 1 is 0.724 bits per heavy atom. The fourth-order valence-electron chi connectivity index (χ4n) is 3.18. The maximum atomic E-state index is 12.1. The van der Waals surface area contributed by atoms with Crippen LogP contribution in [0.5, 0.6) is 0 Å². The molecular weight excluding hydrogens is 380 g/mol. The van der Waals surface area contributed by atoms with E-state index in [1.54, 1.807) is 6.07 Å². The minimum atomic E-state index is -0.0492. The van der Waals surface area contributed by atoms with E-state index in [4.69, 9.17) is 0 Å². The van der Waals surface area contributed by atoms with Crippen LogP contribution in [0.25, 0.3) is 0 Å². The van der Waals surface area contributed by atoms with Crippen molar-refractivity contribution < 1.29 is 9.59 Å². The fourth-order valence-corrected chi connectivity index (χ4v) is 3.44. The van der Waals surface area contributed by atoms with Gasteiger partial charge in [-0.1, -0.05) is 68.9 Å². The molecule has 0 aliphatic carbocycles. The van der Waals surface area contributed by atoms with Crippen LogP contribution >= 0.6 is 12.6 Å². The molecule has 0 unspecified atom stereocenters. The van der Waals surface area contributed by atoms with Gasteiger partial charge in [-0.2, -0.15) is 0 Å². The van der Waals surface area contributed by atoms with Crippen LogP contribution in [0.3, 0.4) is 0 Å². The SMILES string of the molecule is O=C(CCCCCCCCCCNC(=O)c1ccccc1S)Nc1ccccc1. The number of rotatable bonds is 13. The molecular formula is C24H32N2O2S. The van der Waals surface area contributed by atoms with E-state index in [1.165, 1.54) is 25.7 Å². The molecule has 0 saturated carbocycles. The van der Waals surface area contributed by atoms with Crippen LogP contribution in [-0.2, 0) is 4.79 Å². The van der Waals surface area contributed by atoms with E-state index in [1.807, 2.05) is 48.5 Å². The number of unbranched alkanes of at least 4 members (excludes halogenated alkanes) is 7. The Balaban J connectivity index is 1.39. The lowest BCUT2D eigenvalue weighted by molar-refractivity contribution is -0.116. The number of hydrogen-bond donors (Lipinski definition) is 3. The largest absolute Gasteiger partial charge is 0.352 e. The molecule has 0 atom stereocenters. The summed E-state index contributed by atoms with van der Waals surface area (Å²) < 4.78 is 0. The first-order valence-corrected chi connectivity index (χ1v) is 11.0. The Kier molecular flexibility index (Phi) is 11.0. The molecule has 0 bridgehead atoms. The molecule has 2 amide bonds. The summed E-state index contributed by atoms with van der Waals surface area (Å²) in [5, 5.41) is 5.88. The zero-order valence-electron chi connectivity index (χ0n) is 17.0. The minimum Gasteiger partial charge on any atom is -0.352 e. The van der Waals surface area contributed by atoms with Gasteiger partial charge in [0.25, 0.3) is 5.91 Å². The van der Waals surface area contributed by atoms with E-state index >= 15 is 0 Å². The highest BCUT2D eigenvalue weighted by Gasteiger charge is 2.07. The summed E-state index contributed by atoms with van der Waals surface area (Å²) in [6.07, 6.45) is 9.54. The van der Waals surface area contributed by atoms with E-state index in [9.17, 15) is 9.59 Å². The van der Waals surface area contributed by atoms with Crippen molar-refractivity contribution in [3.05, 3.63) is 60.2 Å². The molecule has 2 N–H and O–H groups in total. The van der Waals surface area contributed by atoms with Gasteiger partial charge < -0.3 is 10.6 Å². The number of benzene rings is 2. The Labute approximate surface area is 179 Å². The van der Waals surface area contributed by atoms with Crippen molar-refractivity contribution in [2.75, 3.05) is 11.9 Å². The molecule has 2 rings (SSSR count). The van der Waals surface area contributed by atoms with Crippen molar-refractivity contribution >= 4 is 30.1 Å². The Bertz CT molecular complexity index is 750. The molecule has 4 nitrogen and oxygen atoms in total. The third-order valence-electron chi connectivity index (χ3n) is 4.82. The number of anilines is 1. The maximum Gasteiger partial charge on any atom is 0.252 e. The van der Waals surface area contributed by atoms with Crippen molar-refractivity contribution in [2.45, 2.75) is 62.7 Å². The molecule has 0 saturated heterocycles. The predicted molar refractivity (Wildman–Crippen MR) is 123 cm³/mol. The van der Waals surface area contributed by atoms with Crippen molar-refractivity contribution in [1.29, 1.82) is 0 Å². The highest BCUT2D eigenvalue weighted by atomic mass is 32.1. The monoisotopic (exact) mass is 412 g/mol. The van der Waals surface area contributed by atoms with Crippen LogP contribution in [0.1, 0.15) is 68.1 Å². The van der Waals surface area contributed by atoms with Crippen LogP contribution in [0.15, 0.2) is 59.5 Å². The van der Waals surface area contributed by atoms with Gasteiger partial charge in [-0.15, -0.1) is 12.6 Å². The third-order valence-corrected chi connectivity index (χ3v) is 5.21. The van der Waals surface area contributed by atoms with Crippen molar-refractivity contribution in [1.82, 2.24) is 5.32 Å². The zero-order valence-corrected chi connectivity index (χ0v) is 17.9. The van der Waals surface area contributed by atoms with Crippen LogP contribution in [0, 0.1) is 0 Å². The number of para-hydroxylation sites is 1. The van der Waals surface area contributed by atoms with Gasteiger partial charge in [-0.05, 0) is 37.1 Å². The molecule has 2 aromatic rings. The van der Waals surface area contributed by atoms with Crippen LogP contribution in [0.4, 0.5) is 5.69 Å². The zero-order chi connectivity index (χ0) is 20.7. The molecule has 0 aromatic heterocycles. The van der Waals surface area contributed by atoms with E-state index < -0.39 is 0 Å². The van der Waals surface area contributed by atoms with Gasteiger partial charge in [0.2, 0.25) is 5.91 Å². The molecule has 0 radical (unpaired) electrons. The molecule has 0 spiro atoms. The molecule has 0 aliphatic heterocycles. The molecule has 156 valence electrons. The van der Waals surface area contributed by atoms with Crippen LogP contribution < -0.4 is 10.6 Å². The smallest absolute Gasteiger partial charge is 0.252 e. The summed E-state index contributed by atoms with van der Waals surface area (Å²) in [5.74, 6) is 0.0469. The lowest BCUT2D eigenvalue weighted by Crippen LogP contribution is -2.24. The number of amides is 2. The number of thiol groups is 1. The third kappa shape index (κ3) is 9.66. The highest BCUT2D eigenvalue weighted by Crippen LogP contribution is 2.13. The van der Waals surface area contributed by atoms with Gasteiger partial charge in [0.05, 0.1) is 5.56 Å². The standard InChI is InChI=1S/C24H32N2O2S/c27-23(26-20-14-8-7-9-15-20)18-10-5-3-1-2-4-6-13-19-25-24(28)21-16-11-12-17-22(21)29/h7-9,11-12,14-17,29H,1-6,10,13,18-19H2,(H,25,28)(H,26,27). The Morgan fingerprint density at radius 3 is 2.00 bits per heavy atom. The molecule has 0 fully saturated rings. The summed E-state index contributed by atoms with van der Waals surface area (Å²) in [6, 6.07) is 16.9. The van der Waals surface area contributed by atoms with Crippen LogP contribution in [-0.4, -0.2) is 18.4 Å². The lowest BCUT2D eigenvalue weighted by atomic mass is 10.1. The lowest BCUT2D eigenvalue weighted by Gasteiger charge is -2.07. The Morgan fingerprint density at radius 2 is 1.31 bits per heavy atom. The van der Waals surface area contributed by atoms with Gasteiger partial charge in [0, 0.05) is 23.5 Å². The molecule has 0 aliphatic rings. The van der Waals surface area contributed by atoms with E-state index in [-0.39, 0.29) is 11.8 Å². The van der Waals surface area contributed by atoms with Crippen molar-refractivity contribution in [3.8, 4) is 0 Å². The molecule has 29 heavy (non-hydrogen) atoms. The van der Waals surface area contributed by atoms with Crippen molar-refractivity contribution in [2.24, 2.45) is 0 Å². The van der Waals surface area contributed by atoms with E-state index in [0.29, 0.717) is 23.4 Å². The van der Waals surface area contributed by atoms with Crippen LogP contribution in [0.2, 0.25) is 0 Å². The van der Waals surface area contributed by atoms with Gasteiger partial charge in [0.1, 0.15) is 0 Å². The molecule has 2 aromatic carbocycles. The highest BCUT2D eigenvalue weighted by molar-refractivity contribution is 7.80. The topological polar surface area (TPSA) is 58.2 Å². The predicted octanol–water partition coefficient (Wildman–Crippen LogP) is 5.85. The molecule has 0 heterocycles. The number of carbonyl (C=O) groups is 2. The first kappa shape index (κ1) is 23.0. The second-order valence-corrected chi connectivity index (χ2v) is 7.75. The fraction of sp³-hybridized carbons (Fsp3) is 0.417. The summed E-state index contributed by atoms with van der Waals surface area (Å²) in [5.41, 5.74) is 1.50. The average Bonchev–Trinajstić information content (AvgIpc) is 2.73. The number of carbonyl (C=O) groups excluding carboxylic acids is 2. The summed E-state index contributed by atoms with van der Waals surface area (Å²) in [6.45, 7) is 0.706. The minimum absolute atomic E-state index is 0.0492. The van der Waals surface area contributed by atoms with Gasteiger partial charge in [-0.25, -0.2) is 0 Å². The second-order valence-electron chi connectivity index (χ2n) is 7.27.